The van der Waals surface area contributed by atoms with Gasteiger partial charge in [-0.1, -0.05) is 15.9 Å². The number of carbonyl (C=O) groups excluding carboxylic acids is 1. The van der Waals surface area contributed by atoms with Gasteiger partial charge in [0.2, 0.25) is 0 Å². The summed E-state index contributed by atoms with van der Waals surface area (Å²) in [7, 11) is 0. The third-order valence-electron chi connectivity index (χ3n) is 4.52. The van der Waals surface area contributed by atoms with E-state index in [0.717, 1.165) is 26.6 Å². The van der Waals surface area contributed by atoms with E-state index in [0.29, 0.717) is 13.2 Å². The van der Waals surface area contributed by atoms with Gasteiger partial charge < -0.3 is 25.3 Å². The van der Waals surface area contributed by atoms with Gasteiger partial charge in [0.1, 0.15) is 5.60 Å². The molecule has 6 nitrogen and oxygen atoms in total. The lowest BCUT2D eigenvalue weighted by Gasteiger charge is -2.35. The summed E-state index contributed by atoms with van der Waals surface area (Å²) in [5.41, 5.74) is 1.55. The van der Waals surface area contributed by atoms with Crippen molar-refractivity contribution in [3.8, 4) is 0 Å². The predicted molar refractivity (Wildman–Crippen MR) is 93.6 cm³/mol. The largest absolute Gasteiger partial charge is 0.386 e. The summed E-state index contributed by atoms with van der Waals surface area (Å²) in [5.74, 6) is -0.573. The van der Waals surface area contributed by atoms with Crippen LogP contribution in [0.15, 0.2) is 22.7 Å². The van der Waals surface area contributed by atoms with Gasteiger partial charge in [-0.05, 0) is 30.7 Å². The fraction of sp³-hybridized carbons (Fsp3) is 0.471. The molecule has 2 aromatic rings. The summed E-state index contributed by atoms with van der Waals surface area (Å²) >= 11 is 3.47. The lowest BCUT2D eigenvalue weighted by atomic mass is 9.88. The van der Waals surface area contributed by atoms with Crippen LogP contribution in [0.2, 0.25) is 0 Å². The molecule has 0 radical (unpaired) electrons. The van der Waals surface area contributed by atoms with Gasteiger partial charge >= 0.3 is 0 Å². The Bertz CT molecular complexity index is 752. The average molecular weight is 397 g/mol. The summed E-state index contributed by atoms with van der Waals surface area (Å²) in [4.78, 5) is 15.4. The highest BCUT2D eigenvalue weighted by atomic mass is 79.9. The first kappa shape index (κ1) is 17.4. The van der Waals surface area contributed by atoms with Crippen LogP contribution in [-0.2, 0) is 16.1 Å². The molecule has 0 saturated carbocycles. The minimum Gasteiger partial charge on any atom is -0.386 e. The molecule has 1 atom stereocenters. The van der Waals surface area contributed by atoms with Gasteiger partial charge in [0.25, 0.3) is 5.91 Å². The van der Waals surface area contributed by atoms with Crippen molar-refractivity contribution >= 4 is 32.7 Å². The number of hydrogen-bond donors (Lipinski definition) is 4. The number of rotatable bonds is 4. The van der Waals surface area contributed by atoms with Crippen LogP contribution in [0.4, 0.5) is 0 Å². The number of fused-ring (bicyclic) bond motifs is 1. The zero-order valence-corrected chi connectivity index (χ0v) is 15.0. The Morgan fingerprint density at radius 3 is 2.83 bits per heavy atom. The second-order valence-corrected chi connectivity index (χ2v) is 7.23. The number of hydrogen-bond acceptors (Lipinski definition) is 4. The van der Waals surface area contributed by atoms with Crippen LogP contribution in [0.1, 0.15) is 24.1 Å². The molecule has 1 unspecified atom stereocenters. The van der Waals surface area contributed by atoms with Crippen LogP contribution in [-0.4, -0.2) is 46.0 Å². The topological polar surface area (TPSA) is 94.6 Å². The number of nitrogens with one attached hydrogen (secondary N) is 2. The monoisotopic (exact) mass is 396 g/mol. The van der Waals surface area contributed by atoms with E-state index in [9.17, 15) is 15.0 Å². The molecule has 3 rings (SSSR count). The average Bonchev–Trinajstić information content (AvgIpc) is 2.96. The smallest absolute Gasteiger partial charge is 0.252 e. The SMILES string of the molecule is Cc1cc(Br)cc2cc(CNC(=O)C(O)C3(O)CCOCC3)[nH]c12. The number of benzene rings is 1. The van der Waals surface area contributed by atoms with Gasteiger partial charge in [-0.15, -0.1) is 0 Å². The summed E-state index contributed by atoms with van der Waals surface area (Å²) in [6.07, 6.45) is -0.954. The summed E-state index contributed by atoms with van der Waals surface area (Å²) in [5, 5.41) is 24.3. The highest BCUT2D eigenvalue weighted by molar-refractivity contribution is 9.10. The van der Waals surface area contributed by atoms with E-state index < -0.39 is 17.6 Å². The number of ether oxygens (including phenoxy) is 1. The van der Waals surface area contributed by atoms with Crippen molar-refractivity contribution in [3.05, 3.63) is 33.9 Å². The van der Waals surface area contributed by atoms with Gasteiger partial charge in [-0.2, -0.15) is 0 Å². The predicted octanol–water partition coefficient (Wildman–Crippen LogP) is 1.76. The van der Waals surface area contributed by atoms with Crippen molar-refractivity contribution in [1.29, 1.82) is 0 Å². The zero-order valence-electron chi connectivity index (χ0n) is 13.4. The molecule has 130 valence electrons. The summed E-state index contributed by atoms with van der Waals surface area (Å²) < 4.78 is 6.17. The van der Waals surface area contributed by atoms with E-state index in [2.05, 4.69) is 26.2 Å². The van der Waals surface area contributed by atoms with Gasteiger partial charge in [-0.3, -0.25) is 4.79 Å². The third-order valence-corrected chi connectivity index (χ3v) is 4.97. The van der Waals surface area contributed by atoms with Crippen molar-refractivity contribution in [2.24, 2.45) is 0 Å². The second kappa shape index (κ2) is 6.84. The molecule has 1 aromatic carbocycles. The van der Waals surface area contributed by atoms with Crippen LogP contribution < -0.4 is 5.32 Å². The molecule has 0 spiro atoms. The fourth-order valence-electron chi connectivity index (χ4n) is 3.05. The van der Waals surface area contributed by atoms with E-state index in [4.69, 9.17) is 4.74 Å². The number of aromatic amines is 1. The number of carbonyl (C=O) groups is 1. The number of halogens is 1. The van der Waals surface area contributed by atoms with E-state index >= 15 is 0 Å². The highest BCUT2D eigenvalue weighted by Crippen LogP contribution is 2.26. The number of aliphatic hydroxyl groups is 2. The number of H-pyrrole nitrogens is 1. The Morgan fingerprint density at radius 1 is 1.42 bits per heavy atom. The Hall–Kier alpha value is -1.41. The molecule has 1 saturated heterocycles. The molecule has 1 aliphatic rings. The first-order chi connectivity index (χ1) is 11.4. The van der Waals surface area contributed by atoms with Crippen molar-refractivity contribution < 1.29 is 19.7 Å². The summed E-state index contributed by atoms with van der Waals surface area (Å²) in [6.45, 7) is 2.96. The van der Waals surface area contributed by atoms with Crippen LogP contribution in [0.5, 0.6) is 0 Å². The molecule has 1 amide bonds. The van der Waals surface area contributed by atoms with Crippen molar-refractivity contribution in [2.75, 3.05) is 13.2 Å². The first-order valence-electron chi connectivity index (χ1n) is 7.93. The lowest BCUT2D eigenvalue weighted by molar-refractivity contribution is -0.159. The summed E-state index contributed by atoms with van der Waals surface area (Å²) in [6, 6.07) is 5.98. The molecule has 24 heavy (non-hydrogen) atoms. The van der Waals surface area contributed by atoms with Gasteiger partial charge in [0.05, 0.1) is 6.54 Å². The number of aryl methyl sites for hydroxylation is 1. The molecule has 1 fully saturated rings. The Kier molecular flexibility index (Phi) is 4.96. The number of aliphatic hydroxyl groups excluding tert-OH is 1. The Labute approximate surface area is 148 Å². The molecule has 7 heteroatoms. The van der Waals surface area contributed by atoms with Crippen LogP contribution in [0.3, 0.4) is 0 Å². The van der Waals surface area contributed by atoms with Crippen LogP contribution >= 0.6 is 15.9 Å². The molecule has 4 N–H and O–H groups in total. The molecular weight excluding hydrogens is 376 g/mol. The maximum Gasteiger partial charge on any atom is 0.252 e. The van der Waals surface area contributed by atoms with E-state index in [1.165, 1.54) is 0 Å². The van der Waals surface area contributed by atoms with Crippen LogP contribution in [0.25, 0.3) is 10.9 Å². The molecule has 0 aliphatic carbocycles. The first-order valence-corrected chi connectivity index (χ1v) is 8.72. The Morgan fingerprint density at radius 2 is 2.12 bits per heavy atom. The van der Waals surface area contributed by atoms with Crippen molar-refractivity contribution in [2.45, 2.75) is 38.0 Å². The van der Waals surface area contributed by atoms with Gasteiger partial charge in [0.15, 0.2) is 6.10 Å². The maximum absolute atomic E-state index is 12.2. The minimum atomic E-state index is -1.46. The zero-order chi connectivity index (χ0) is 17.3. The van der Waals surface area contributed by atoms with Crippen molar-refractivity contribution in [3.63, 3.8) is 0 Å². The van der Waals surface area contributed by atoms with E-state index in [1.54, 1.807) is 0 Å². The Balaban J connectivity index is 1.67. The molecule has 0 bridgehead atoms. The molecular formula is C17H21BrN2O4. The lowest BCUT2D eigenvalue weighted by Crippen LogP contribution is -2.53. The standard InChI is InChI=1S/C17H21BrN2O4/c1-10-6-12(18)7-11-8-13(20-14(10)11)9-19-16(22)15(21)17(23)2-4-24-5-3-17/h6-8,15,20-21,23H,2-5,9H2,1H3,(H,19,22). The molecule has 1 aromatic heterocycles. The second-order valence-electron chi connectivity index (χ2n) is 6.32. The third kappa shape index (κ3) is 3.49. The van der Waals surface area contributed by atoms with E-state index in [-0.39, 0.29) is 19.4 Å². The van der Waals surface area contributed by atoms with E-state index in [1.807, 2.05) is 25.1 Å². The molecule has 2 heterocycles. The van der Waals surface area contributed by atoms with Gasteiger partial charge in [0, 0.05) is 47.1 Å². The quantitative estimate of drug-likeness (QED) is 0.633. The fourth-order valence-corrected chi connectivity index (χ4v) is 3.64. The maximum atomic E-state index is 12.2. The van der Waals surface area contributed by atoms with Crippen LogP contribution in [0, 0.1) is 6.92 Å². The van der Waals surface area contributed by atoms with Crippen molar-refractivity contribution in [1.82, 2.24) is 10.3 Å². The number of aromatic nitrogens is 1. The number of amides is 1. The highest BCUT2D eigenvalue weighted by Gasteiger charge is 2.41. The van der Waals surface area contributed by atoms with Gasteiger partial charge in [-0.25, -0.2) is 0 Å². The molecule has 1 aliphatic heterocycles. The minimum absolute atomic E-state index is 0.251. The normalized spacial score (nSPS) is 18.5.